The molecule has 168 valence electrons. The molecule has 2 heterocycles. The molecule has 0 unspecified atom stereocenters. The van der Waals surface area contributed by atoms with Crippen LogP contribution in [0.15, 0.2) is 42.5 Å². The van der Waals surface area contributed by atoms with E-state index >= 15 is 0 Å². The molecule has 4 nitrogen and oxygen atoms in total. The van der Waals surface area contributed by atoms with E-state index < -0.39 is 11.7 Å². The Hall–Kier alpha value is -1.93. The first-order chi connectivity index (χ1) is 14.9. The highest BCUT2D eigenvalue weighted by atomic mass is 19.4. The van der Waals surface area contributed by atoms with Crippen LogP contribution in [-0.2, 0) is 24.1 Å². The Morgan fingerprint density at radius 2 is 1.71 bits per heavy atom. The van der Waals surface area contributed by atoms with Crippen molar-refractivity contribution in [3.8, 4) is 11.1 Å². The molecule has 2 aliphatic heterocycles. The van der Waals surface area contributed by atoms with E-state index in [1.54, 1.807) is 12.1 Å². The Kier molecular flexibility index (Phi) is 6.96. The molecule has 0 spiro atoms. The summed E-state index contributed by atoms with van der Waals surface area (Å²) in [6.07, 6.45) is -3.12. The number of likely N-dealkylation sites (N-methyl/N-ethyl adjacent to an activating group) is 1. The van der Waals surface area contributed by atoms with Crippen molar-refractivity contribution in [3.05, 3.63) is 59.2 Å². The summed E-state index contributed by atoms with van der Waals surface area (Å²) in [6, 6.07) is 12.4. The number of halogens is 3. The minimum atomic E-state index is -4.37. The van der Waals surface area contributed by atoms with Gasteiger partial charge < -0.3 is 15.0 Å². The number of nitrogens with one attached hydrogen (secondary N) is 1. The minimum Gasteiger partial charge on any atom is -0.372 e. The molecular weight excluding hydrogens is 403 g/mol. The van der Waals surface area contributed by atoms with Gasteiger partial charge in [0.1, 0.15) is 0 Å². The van der Waals surface area contributed by atoms with E-state index in [1.165, 1.54) is 6.07 Å². The summed E-state index contributed by atoms with van der Waals surface area (Å²) in [5, 5.41) is 3.27. The van der Waals surface area contributed by atoms with Crippen LogP contribution in [0.2, 0.25) is 0 Å². The molecule has 2 aliphatic rings. The first kappa shape index (κ1) is 22.3. The lowest BCUT2D eigenvalue weighted by Crippen LogP contribution is -2.44. The predicted octanol–water partition coefficient (Wildman–Crippen LogP) is 4.00. The summed E-state index contributed by atoms with van der Waals surface area (Å²) in [4.78, 5) is 4.29. The lowest BCUT2D eigenvalue weighted by molar-refractivity contribution is -0.138. The van der Waals surface area contributed by atoms with Crippen LogP contribution in [0, 0.1) is 0 Å². The van der Waals surface area contributed by atoms with Gasteiger partial charge in [0.2, 0.25) is 0 Å². The third kappa shape index (κ3) is 5.86. The average Bonchev–Trinajstić information content (AvgIpc) is 3.28. The summed E-state index contributed by atoms with van der Waals surface area (Å²) in [5.74, 6) is 0. The zero-order chi connectivity index (χ0) is 21.8. The third-order valence-corrected chi connectivity index (χ3v) is 6.19. The second-order valence-corrected chi connectivity index (χ2v) is 8.57. The molecule has 7 heteroatoms. The van der Waals surface area contributed by atoms with Crippen LogP contribution < -0.4 is 5.32 Å². The van der Waals surface area contributed by atoms with Gasteiger partial charge in [0.15, 0.2) is 0 Å². The van der Waals surface area contributed by atoms with Gasteiger partial charge in [-0.2, -0.15) is 13.2 Å². The van der Waals surface area contributed by atoms with Crippen molar-refractivity contribution in [1.29, 1.82) is 0 Å². The van der Waals surface area contributed by atoms with Gasteiger partial charge >= 0.3 is 6.18 Å². The van der Waals surface area contributed by atoms with E-state index in [2.05, 4.69) is 15.1 Å². The number of hydrogen-bond donors (Lipinski definition) is 1. The van der Waals surface area contributed by atoms with Gasteiger partial charge in [0.25, 0.3) is 0 Å². The molecule has 2 aromatic carbocycles. The number of hydrogen-bond acceptors (Lipinski definition) is 4. The maximum atomic E-state index is 13.8. The molecule has 31 heavy (non-hydrogen) atoms. The molecule has 0 bridgehead atoms. The Bertz CT molecular complexity index is 855. The zero-order valence-corrected chi connectivity index (χ0v) is 17.9. The van der Waals surface area contributed by atoms with Crippen LogP contribution in [-0.4, -0.2) is 62.2 Å². The Morgan fingerprint density at radius 3 is 2.35 bits per heavy atom. The fourth-order valence-corrected chi connectivity index (χ4v) is 4.18. The number of ether oxygens (including phenoxy) is 1. The average molecular weight is 434 g/mol. The van der Waals surface area contributed by atoms with Gasteiger partial charge in [-0.3, -0.25) is 4.90 Å². The second kappa shape index (κ2) is 9.69. The van der Waals surface area contributed by atoms with Gasteiger partial charge in [-0.05, 0) is 48.3 Å². The van der Waals surface area contributed by atoms with Crippen molar-refractivity contribution >= 4 is 0 Å². The van der Waals surface area contributed by atoms with Crippen molar-refractivity contribution < 1.29 is 17.9 Å². The van der Waals surface area contributed by atoms with Crippen LogP contribution in [0.3, 0.4) is 0 Å². The number of rotatable bonds is 6. The van der Waals surface area contributed by atoms with Crippen LogP contribution in [0.4, 0.5) is 13.2 Å². The lowest BCUT2D eigenvalue weighted by atomic mass is 9.97. The fraction of sp³-hybridized carbons (Fsp3) is 0.500. The largest absolute Gasteiger partial charge is 0.416 e. The molecule has 4 rings (SSSR count). The number of alkyl halides is 3. The van der Waals surface area contributed by atoms with E-state index in [0.717, 1.165) is 56.8 Å². The molecule has 2 saturated heterocycles. The molecular formula is C24H30F3N3O. The third-order valence-electron chi connectivity index (χ3n) is 6.19. The smallest absolute Gasteiger partial charge is 0.372 e. The Balaban J connectivity index is 1.47. The number of nitrogens with zero attached hydrogens (tertiary/aromatic N) is 2. The van der Waals surface area contributed by atoms with Crippen LogP contribution in [0.25, 0.3) is 11.1 Å². The monoisotopic (exact) mass is 433 g/mol. The molecule has 0 saturated carbocycles. The number of benzene rings is 2. The summed E-state index contributed by atoms with van der Waals surface area (Å²) in [7, 11) is 2.04. The first-order valence-electron chi connectivity index (χ1n) is 10.9. The summed E-state index contributed by atoms with van der Waals surface area (Å²) >= 11 is 0. The topological polar surface area (TPSA) is 27.7 Å². The highest BCUT2D eigenvalue weighted by Crippen LogP contribution is 2.35. The van der Waals surface area contributed by atoms with Crippen LogP contribution >= 0.6 is 0 Å². The molecule has 0 aromatic heterocycles. The van der Waals surface area contributed by atoms with Crippen molar-refractivity contribution in [2.24, 2.45) is 0 Å². The van der Waals surface area contributed by atoms with Gasteiger partial charge in [0.05, 0.1) is 18.3 Å². The van der Waals surface area contributed by atoms with Gasteiger partial charge in [-0.15, -0.1) is 0 Å². The second-order valence-electron chi connectivity index (χ2n) is 8.57. The SMILES string of the molecule is CN1CCN(Cc2ccc(-c3ccc(CO[C@@H]4CCNC4)cc3)cc2C(F)(F)F)CC1. The van der Waals surface area contributed by atoms with Crippen molar-refractivity contribution in [1.82, 2.24) is 15.1 Å². The summed E-state index contributed by atoms with van der Waals surface area (Å²) < 4.78 is 47.3. The first-order valence-corrected chi connectivity index (χ1v) is 10.9. The summed E-state index contributed by atoms with van der Waals surface area (Å²) in [5.41, 5.74) is 2.20. The molecule has 1 atom stereocenters. The van der Waals surface area contributed by atoms with Gasteiger partial charge in [-0.1, -0.05) is 36.4 Å². The Morgan fingerprint density at radius 1 is 1.00 bits per heavy atom. The van der Waals surface area contributed by atoms with Gasteiger partial charge in [0, 0.05) is 39.3 Å². The van der Waals surface area contributed by atoms with E-state index in [4.69, 9.17) is 4.74 Å². The predicted molar refractivity (Wildman–Crippen MR) is 116 cm³/mol. The van der Waals surface area contributed by atoms with E-state index in [9.17, 15) is 13.2 Å². The van der Waals surface area contributed by atoms with E-state index in [-0.39, 0.29) is 6.10 Å². The molecule has 0 aliphatic carbocycles. The van der Waals surface area contributed by atoms with Gasteiger partial charge in [-0.25, -0.2) is 0 Å². The molecule has 0 radical (unpaired) electrons. The Labute approximate surface area is 182 Å². The maximum Gasteiger partial charge on any atom is 0.416 e. The minimum absolute atomic E-state index is 0.238. The highest BCUT2D eigenvalue weighted by Gasteiger charge is 2.34. The number of piperazine rings is 1. The summed E-state index contributed by atoms with van der Waals surface area (Å²) in [6.45, 7) is 6.04. The molecule has 2 fully saturated rings. The van der Waals surface area contributed by atoms with Crippen molar-refractivity contribution in [3.63, 3.8) is 0 Å². The van der Waals surface area contributed by atoms with Crippen molar-refractivity contribution in [2.75, 3.05) is 46.3 Å². The van der Waals surface area contributed by atoms with Crippen molar-refractivity contribution in [2.45, 2.75) is 31.9 Å². The maximum absolute atomic E-state index is 13.8. The quantitative estimate of drug-likeness (QED) is 0.746. The standard InChI is InChI=1S/C24H30F3N3O/c1-29-10-12-30(13-11-29)16-21-7-6-20(14-23(21)24(25,26)27)19-4-2-18(3-5-19)17-31-22-8-9-28-15-22/h2-7,14,22,28H,8-13,15-17H2,1H3/t22-/m1/s1. The molecule has 2 aromatic rings. The van der Waals surface area contributed by atoms with Crippen LogP contribution in [0.1, 0.15) is 23.1 Å². The normalized spacial score (nSPS) is 21.0. The van der Waals surface area contributed by atoms with E-state index in [0.29, 0.717) is 24.3 Å². The lowest BCUT2D eigenvalue weighted by Gasteiger charge is -2.33. The molecule has 0 amide bonds. The molecule has 1 N–H and O–H groups in total. The fourth-order valence-electron chi connectivity index (χ4n) is 4.18. The highest BCUT2D eigenvalue weighted by molar-refractivity contribution is 5.65. The zero-order valence-electron chi connectivity index (χ0n) is 17.9. The van der Waals surface area contributed by atoms with E-state index in [1.807, 2.05) is 31.3 Å². The van der Waals surface area contributed by atoms with Crippen LogP contribution in [0.5, 0.6) is 0 Å².